The van der Waals surface area contributed by atoms with Gasteiger partial charge in [-0.1, -0.05) is 212 Å². The molecule has 0 N–H and O–H groups in total. The lowest BCUT2D eigenvalue weighted by atomic mass is 9.66. The fourth-order valence-electron chi connectivity index (χ4n) is 9.94. The zero-order valence-electron chi connectivity index (χ0n) is 33.7. The summed E-state index contributed by atoms with van der Waals surface area (Å²) in [6.45, 7) is 0. The monoisotopic (exact) mass is 806 g/mol. The second-order valence-corrected chi connectivity index (χ2v) is 17.0. The molecule has 0 unspecified atom stereocenters. The molecule has 0 atom stereocenters. The Morgan fingerprint density at radius 2 is 0.855 bits per heavy atom. The Bertz CT molecular complexity index is 3420. The van der Waals surface area contributed by atoms with Crippen LogP contribution in [0.3, 0.4) is 0 Å². The van der Waals surface area contributed by atoms with E-state index in [-0.39, 0.29) is 0 Å². The normalized spacial score (nSPS) is 12.6. The van der Waals surface area contributed by atoms with Crippen LogP contribution in [0.2, 0.25) is 0 Å². The van der Waals surface area contributed by atoms with Gasteiger partial charge in [0.15, 0.2) is 5.82 Å². The smallest absolute Gasteiger partial charge is 0.160 e. The van der Waals surface area contributed by atoms with Gasteiger partial charge in [-0.15, -0.1) is 11.3 Å². The van der Waals surface area contributed by atoms with Gasteiger partial charge in [0.2, 0.25) is 0 Å². The molecule has 2 aromatic heterocycles. The number of hydrogen-bond donors (Lipinski definition) is 0. The first kappa shape index (κ1) is 36.2. The molecule has 11 aromatic rings. The summed E-state index contributed by atoms with van der Waals surface area (Å²) >= 11 is 1.86. The van der Waals surface area contributed by atoms with Gasteiger partial charge in [0.1, 0.15) is 0 Å². The van der Waals surface area contributed by atoms with Crippen LogP contribution >= 0.6 is 11.3 Å². The lowest BCUT2D eigenvalue weighted by molar-refractivity contribution is 0.770. The average molecular weight is 807 g/mol. The van der Waals surface area contributed by atoms with Crippen LogP contribution in [0.4, 0.5) is 0 Å². The van der Waals surface area contributed by atoms with Crippen molar-refractivity contribution in [3.05, 3.63) is 253 Å². The molecule has 0 radical (unpaired) electrons. The minimum Gasteiger partial charge on any atom is -0.228 e. The lowest BCUT2D eigenvalue weighted by Gasteiger charge is -2.35. The first-order valence-electron chi connectivity index (χ1n) is 21.2. The van der Waals surface area contributed by atoms with Crippen LogP contribution in [0.5, 0.6) is 0 Å². The van der Waals surface area contributed by atoms with Crippen LogP contribution in [0, 0.1) is 0 Å². The quantitative estimate of drug-likeness (QED) is 0.160. The van der Waals surface area contributed by atoms with E-state index in [4.69, 9.17) is 9.97 Å². The third-order valence-corrected chi connectivity index (χ3v) is 13.8. The molecule has 3 heteroatoms. The van der Waals surface area contributed by atoms with Crippen molar-refractivity contribution in [3.8, 4) is 67.3 Å². The number of rotatable bonds is 7. The van der Waals surface area contributed by atoms with Crippen molar-refractivity contribution in [1.82, 2.24) is 9.97 Å². The summed E-state index contributed by atoms with van der Waals surface area (Å²) in [5, 5.41) is 2.59. The highest BCUT2D eigenvalue weighted by molar-refractivity contribution is 7.26. The van der Waals surface area contributed by atoms with Crippen molar-refractivity contribution in [3.63, 3.8) is 0 Å². The highest BCUT2D eigenvalue weighted by Gasteiger charge is 2.47. The molecule has 0 amide bonds. The maximum atomic E-state index is 5.41. The van der Waals surface area contributed by atoms with Gasteiger partial charge >= 0.3 is 0 Å². The molecule has 0 saturated heterocycles. The summed E-state index contributed by atoms with van der Waals surface area (Å²) in [6.07, 6.45) is 0. The fourth-order valence-corrected chi connectivity index (χ4v) is 11.2. The van der Waals surface area contributed by atoms with E-state index in [9.17, 15) is 0 Å². The second-order valence-electron chi connectivity index (χ2n) is 16.0. The minimum atomic E-state index is -0.554. The SMILES string of the molecule is c1ccc(-c2nc(-c3cccc(-c4cccc5c4sc4ccccc45)c3)cc(-c3ccccc3-c3cccc4c3C(c3ccccc3)(c3ccccc3)c3ccccc3-4)n2)cc1. The molecule has 2 nitrogen and oxygen atoms in total. The molecule has 0 aliphatic heterocycles. The third-order valence-electron chi connectivity index (χ3n) is 12.6. The van der Waals surface area contributed by atoms with Gasteiger partial charge in [-0.05, 0) is 73.8 Å². The van der Waals surface area contributed by atoms with E-state index < -0.39 is 5.41 Å². The zero-order valence-corrected chi connectivity index (χ0v) is 34.6. The molecule has 1 aliphatic rings. The molecule has 12 rings (SSSR count). The molecule has 0 bridgehead atoms. The van der Waals surface area contributed by atoms with Crippen LogP contribution in [0.1, 0.15) is 22.3 Å². The maximum absolute atomic E-state index is 5.41. The van der Waals surface area contributed by atoms with Gasteiger partial charge in [0.25, 0.3) is 0 Å². The topological polar surface area (TPSA) is 25.8 Å². The molecule has 0 saturated carbocycles. The van der Waals surface area contributed by atoms with Gasteiger partial charge < -0.3 is 0 Å². The molecule has 2 heterocycles. The molecule has 1 aliphatic carbocycles. The summed E-state index contributed by atoms with van der Waals surface area (Å²) < 4.78 is 2.60. The number of benzene rings is 9. The standard InChI is InChI=1S/C59H38N2S/c1-4-19-39(20-5-1)58-60-53(41-22-16-21-40(37-41)44-31-17-34-51-48-30-13-15-36-55(48)62-57(44)51)38-54(61-58)47-29-11-10-27-45(47)49-32-18-33-50-46-28-12-14-35-52(46)59(56(49)50,42-23-6-2-7-24-42)43-25-8-3-9-26-43/h1-38H. The van der Waals surface area contributed by atoms with Crippen LogP contribution < -0.4 is 0 Å². The molecular formula is C59H38N2S. The van der Waals surface area contributed by atoms with Gasteiger partial charge in [-0.3, -0.25) is 0 Å². The van der Waals surface area contributed by atoms with E-state index >= 15 is 0 Å². The molecule has 290 valence electrons. The highest BCUT2D eigenvalue weighted by Crippen LogP contribution is 2.59. The molecule has 62 heavy (non-hydrogen) atoms. The van der Waals surface area contributed by atoms with Crippen LogP contribution in [0.25, 0.3) is 87.5 Å². The lowest BCUT2D eigenvalue weighted by Crippen LogP contribution is -2.29. The van der Waals surface area contributed by atoms with Crippen LogP contribution in [-0.4, -0.2) is 9.97 Å². The van der Waals surface area contributed by atoms with Gasteiger partial charge in [0, 0.05) is 36.9 Å². The number of nitrogens with zero attached hydrogens (tertiary/aromatic N) is 2. The molecular weight excluding hydrogens is 769 g/mol. The Morgan fingerprint density at radius 1 is 0.339 bits per heavy atom. The Morgan fingerprint density at radius 3 is 1.63 bits per heavy atom. The molecule has 0 spiro atoms. The minimum absolute atomic E-state index is 0.554. The average Bonchev–Trinajstić information content (AvgIpc) is 3.89. The second kappa shape index (κ2) is 14.8. The number of thiophene rings is 1. The van der Waals surface area contributed by atoms with Crippen LogP contribution in [0.15, 0.2) is 231 Å². The fraction of sp³-hybridized carbons (Fsp3) is 0.0169. The van der Waals surface area contributed by atoms with E-state index in [0.717, 1.165) is 33.6 Å². The summed E-state index contributed by atoms with van der Waals surface area (Å²) in [5.74, 6) is 0.693. The van der Waals surface area contributed by atoms with Crippen molar-refractivity contribution < 1.29 is 0 Å². The number of aromatic nitrogens is 2. The number of fused-ring (bicyclic) bond motifs is 6. The predicted octanol–water partition coefficient (Wildman–Crippen LogP) is 15.5. The summed E-state index contributed by atoms with van der Waals surface area (Å²) in [6, 6.07) is 83.4. The van der Waals surface area contributed by atoms with Crippen molar-refractivity contribution in [1.29, 1.82) is 0 Å². The zero-order chi connectivity index (χ0) is 41.0. The van der Waals surface area contributed by atoms with Crippen molar-refractivity contribution in [2.45, 2.75) is 5.41 Å². The van der Waals surface area contributed by atoms with E-state index in [1.165, 1.54) is 70.2 Å². The first-order valence-corrected chi connectivity index (χ1v) is 22.0. The van der Waals surface area contributed by atoms with Crippen molar-refractivity contribution >= 4 is 31.5 Å². The highest BCUT2D eigenvalue weighted by atomic mass is 32.1. The van der Waals surface area contributed by atoms with Crippen molar-refractivity contribution in [2.24, 2.45) is 0 Å². The van der Waals surface area contributed by atoms with E-state index in [2.05, 4.69) is 224 Å². The van der Waals surface area contributed by atoms with Crippen molar-refractivity contribution in [2.75, 3.05) is 0 Å². The Hall–Kier alpha value is -7.72. The Labute approximate surface area is 365 Å². The molecule has 9 aromatic carbocycles. The third kappa shape index (κ3) is 5.70. The largest absolute Gasteiger partial charge is 0.228 e. The van der Waals surface area contributed by atoms with Gasteiger partial charge in [-0.25, -0.2) is 9.97 Å². The van der Waals surface area contributed by atoms with E-state index in [0.29, 0.717) is 5.82 Å². The summed E-state index contributed by atoms with van der Waals surface area (Å²) in [7, 11) is 0. The molecule has 0 fully saturated rings. The van der Waals surface area contributed by atoms with Gasteiger partial charge in [0.05, 0.1) is 16.8 Å². The van der Waals surface area contributed by atoms with Gasteiger partial charge in [-0.2, -0.15) is 0 Å². The summed E-state index contributed by atoms with van der Waals surface area (Å²) in [5.41, 5.74) is 16.5. The number of hydrogen-bond acceptors (Lipinski definition) is 3. The van der Waals surface area contributed by atoms with E-state index in [1.807, 2.05) is 17.4 Å². The van der Waals surface area contributed by atoms with E-state index in [1.54, 1.807) is 0 Å². The maximum Gasteiger partial charge on any atom is 0.160 e. The first-order chi connectivity index (χ1) is 30.8. The Kier molecular flexibility index (Phi) is 8.62. The summed E-state index contributed by atoms with van der Waals surface area (Å²) in [4.78, 5) is 10.7. The predicted molar refractivity (Wildman–Crippen MR) is 259 cm³/mol. The Balaban J connectivity index is 1.08. The van der Waals surface area contributed by atoms with Crippen LogP contribution in [-0.2, 0) is 5.41 Å².